The summed E-state index contributed by atoms with van der Waals surface area (Å²) in [5.74, 6) is -0.602. The molecule has 150 valence electrons. The first-order valence-corrected chi connectivity index (χ1v) is 9.53. The van der Waals surface area contributed by atoms with E-state index in [2.05, 4.69) is 5.32 Å². The highest BCUT2D eigenvalue weighted by molar-refractivity contribution is 6.31. The fourth-order valence-electron chi connectivity index (χ4n) is 2.78. The number of hydrogen-bond donors (Lipinski definition) is 1. The quantitative estimate of drug-likeness (QED) is 0.689. The van der Waals surface area contributed by atoms with E-state index in [9.17, 15) is 14.0 Å². The molecule has 2 rings (SSSR count). The van der Waals surface area contributed by atoms with Crippen LogP contribution in [0, 0.1) is 5.82 Å². The maximum atomic E-state index is 13.0. The van der Waals surface area contributed by atoms with Gasteiger partial charge in [0.15, 0.2) is 6.61 Å². The Kier molecular flexibility index (Phi) is 8.26. The van der Waals surface area contributed by atoms with Gasteiger partial charge >= 0.3 is 0 Å². The van der Waals surface area contributed by atoms with E-state index < -0.39 is 6.04 Å². The minimum Gasteiger partial charge on any atom is -0.484 e. The average molecular weight is 407 g/mol. The predicted molar refractivity (Wildman–Crippen MR) is 107 cm³/mol. The first-order chi connectivity index (χ1) is 13.5. The monoisotopic (exact) mass is 406 g/mol. The van der Waals surface area contributed by atoms with Crippen molar-refractivity contribution in [3.05, 3.63) is 64.9 Å². The zero-order valence-corrected chi connectivity index (χ0v) is 16.7. The molecule has 0 unspecified atom stereocenters. The smallest absolute Gasteiger partial charge is 0.261 e. The molecule has 0 aromatic heterocycles. The molecule has 2 aromatic rings. The zero-order chi connectivity index (χ0) is 20.5. The standard InChI is InChI=1S/C21H24ClFN2O3/c1-3-19(21(27)24-4-2)25(13-15-7-5-6-8-18(15)22)20(26)14-28-17-11-9-16(23)10-12-17/h5-12,19H,3-4,13-14H2,1-2H3,(H,24,27)/t19-/m1/s1. The molecule has 2 amide bonds. The van der Waals surface area contributed by atoms with Crippen molar-refractivity contribution in [3.8, 4) is 5.75 Å². The summed E-state index contributed by atoms with van der Waals surface area (Å²) in [5, 5.41) is 3.28. The lowest BCUT2D eigenvalue weighted by Gasteiger charge is -2.30. The van der Waals surface area contributed by atoms with E-state index >= 15 is 0 Å². The van der Waals surface area contributed by atoms with E-state index in [-0.39, 0.29) is 30.8 Å². The third-order valence-corrected chi connectivity index (χ3v) is 4.58. The van der Waals surface area contributed by atoms with Gasteiger partial charge in [0, 0.05) is 18.1 Å². The zero-order valence-electron chi connectivity index (χ0n) is 16.0. The number of amides is 2. The van der Waals surface area contributed by atoms with Crippen LogP contribution in [-0.2, 0) is 16.1 Å². The number of nitrogens with zero attached hydrogens (tertiary/aromatic N) is 1. The average Bonchev–Trinajstić information content (AvgIpc) is 2.69. The second-order valence-electron chi connectivity index (χ2n) is 6.17. The molecular weight excluding hydrogens is 383 g/mol. The van der Waals surface area contributed by atoms with E-state index in [1.165, 1.54) is 29.2 Å². The van der Waals surface area contributed by atoms with Gasteiger partial charge in [0.05, 0.1) is 0 Å². The minimum absolute atomic E-state index is 0.181. The van der Waals surface area contributed by atoms with E-state index in [4.69, 9.17) is 16.3 Å². The molecule has 0 aliphatic heterocycles. The Morgan fingerprint density at radius 2 is 1.82 bits per heavy atom. The molecule has 7 heteroatoms. The van der Waals surface area contributed by atoms with Gasteiger partial charge < -0.3 is 15.0 Å². The largest absolute Gasteiger partial charge is 0.484 e. The van der Waals surface area contributed by atoms with Gasteiger partial charge in [-0.1, -0.05) is 36.7 Å². The molecule has 1 N–H and O–H groups in total. The SMILES string of the molecule is CCNC(=O)[C@@H](CC)N(Cc1ccccc1Cl)C(=O)COc1ccc(F)cc1. The van der Waals surface area contributed by atoms with Crippen molar-refractivity contribution in [2.75, 3.05) is 13.2 Å². The topological polar surface area (TPSA) is 58.6 Å². The molecule has 2 aromatic carbocycles. The highest BCUT2D eigenvalue weighted by Crippen LogP contribution is 2.20. The summed E-state index contributed by atoms with van der Waals surface area (Å²) in [5.41, 5.74) is 0.738. The Morgan fingerprint density at radius 3 is 2.43 bits per heavy atom. The van der Waals surface area contributed by atoms with E-state index in [0.717, 1.165) is 5.56 Å². The first-order valence-electron chi connectivity index (χ1n) is 9.15. The molecule has 0 fully saturated rings. The molecule has 1 atom stereocenters. The molecule has 0 spiro atoms. The summed E-state index contributed by atoms with van der Waals surface area (Å²) >= 11 is 6.24. The van der Waals surface area contributed by atoms with Crippen molar-refractivity contribution >= 4 is 23.4 Å². The molecule has 0 heterocycles. The molecular formula is C21H24ClFN2O3. The maximum Gasteiger partial charge on any atom is 0.261 e. The summed E-state index contributed by atoms with van der Waals surface area (Å²) in [4.78, 5) is 26.9. The van der Waals surface area contributed by atoms with Gasteiger partial charge in [0.25, 0.3) is 5.91 Å². The third kappa shape index (κ3) is 5.96. The van der Waals surface area contributed by atoms with Gasteiger partial charge in [0.2, 0.25) is 5.91 Å². The summed E-state index contributed by atoms with van der Waals surface area (Å²) in [6.07, 6.45) is 0.443. The molecule has 0 bridgehead atoms. The Bertz CT molecular complexity index is 798. The highest BCUT2D eigenvalue weighted by Gasteiger charge is 2.29. The predicted octanol–water partition coefficient (Wildman–Crippen LogP) is 3.80. The number of halogens is 2. The molecule has 28 heavy (non-hydrogen) atoms. The molecule has 0 saturated heterocycles. The second-order valence-corrected chi connectivity index (χ2v) is 6.58. The van der Waals surface area contributed by atoms with Crippen LogP contribution in [-0.4, -0.2) is 35.9 Å². The molecule has 0 radical (unpaired) electrons. The summed E-state index contributed by atoms with van der Waals surface area (Å²) in [7, 11) is 0. The number of benzene rings is 2. The number of carbonyl (C=O) groups excluding carboxylic acids is 2. The number of likely N-dealkylation sites (N-methyl/N-ethyl adjacent to an activating group) is 1. The van der Waals surface area contributed by atoms with Crippen LogP contribution in [0.15, 0.2) is 48.5 Å². The van der Waals surface area contributed by atoms with Gasteiger partial charge in [-0.3, -0.25) is 9.59 Å². The van der Waals surface area contributed by atoms with Crippen molar-refractivity contribution in [2.24, 2.45) is 0 Å². The lowest BCUT2D eigenvalue weighted by Crippen LogP contribution is -2.50. The van der Waals surface area contributed by atoms with E-state index in [1.807, 2.05) is 26.0 Å². The highest BCUT2D eigenvalue weighted by atomic mass is 35.5. The van der Waals surface area contributed by atoms with Crippen molar-refractivity contribution in [3.63, 3.8) is 0 Å². The number of hydrogen-bond acceptors (Lipinski definition) is 3. The van der Waals surface area contributed by atoms with Crippen LogP contribution in [0.1, 0.15) is 25.8 Å². The Morgan fingerprint density at radius 1 is 1.14 bits per heavy atom. The van der Waals surface area contributed by atoms with Crippen LogP contribution >= 0.6 is 11.6 Å². The lowest BCUT2D eigenvalue weighted by molar-refractivity contribution is -0.142. The summed E-state index contributed by atoms with van der Waals surface area (Å²) < 4.78 is 18.5. The molecule has 0 saturated carbocycles. The van der Waals surface area contributed by atoms with Gasteiger partial charge in [-0.25, -0.2) is 4.39 Å². The number of nitrogens with one attached hydrogen (secondary N) is 1. The van der Waals surface area contributed by atoms with Crippen molar-refractivity contribution in [1.82, 2.24) is 10.2 Å². The number of ether oxygens (including phenoxy) is 1. The van der Waals surface area contributed by atoms with Crippen LogP contribution in [0.5, 0.6) is 5.75 Å². The second kappa shape index (κ2) is 10.7. The van der Waals surface area contributed by atoms with Crippen LogP contribution in [0.2, 0.25) is 5.02 Å². The molecule has 0 aliphatic rings. The van der Waals surface area contributed by atoms with Gasteiger partial charge in [-0.2, -0.15) is 0 Å². The van der Waals surface area contributed by atoms with Crippen molar-refractivity contribution in [1.29, 1.82) is 0 Å². The van der Waals surface area contributed by atoms with E-state index in [1.54, 1.807) is 12.1 Å². The fourth-order valence-corrected chi connectivity index (χ4v) is 2.98. The molecule has 5 nitrogen and oxygen atoms in total. The van der Waals surface area contributed by atoms with E-state index in [0.29, 0.717) is 23.7 Å². The van der Waals surface area contributed by atoms with Crippen LogP contribution in [0.3, 0.4) is 0 Å². The third-order valence-electron chi connectivity index (χ3n) is 4.21. The lowest BCUT2D eigenvalue weighted by atomic mass is 10.1. The minimum atomic E-state index is -0.652. The first kappa shape index (κ1) is 21.7. The Labute approximate surface area is 169 Å². The number of carbonyl (C=O) groups is 2. The summed E-state index contributed by atoms with van der Waals surface area (Å²) in [6, 6.07) is 11.9. The summed E-state index contributed by atoms with van der Waals surface area (Å²) in [6.45, 7) is 4.04. The van der Waals surface area contributed by atoms with Crippen molar-refractivity contribution in [2.45, 2.75) is 32.9 Å². The maximum absolute atomic E-state index is 13.0. The van der Waals surface area contributed by atoms with Gasteiger partial charge in [-0.05, 0) is 49.2 Å². The Balaban J connectivity index is 2.20. The normalized spacial score (nSPS) is 11.6. The van der Waals surface area contributed by atoms with Crippen LogP contribution in [0.4, 0.5) is 4.39 Å². The van der Waals surface area contributed by atoms with Crippen LogP contribution in [0.25, 0.3) is 0 Å². The Hall–Kier alpha value is -2.60. The fraction of sp³-hybridized carbons (Fsp3) is 0.333. The van der Waals surface area contributed by atoms with Gasteiger partial charge in [-0.15, -0.1) is 0 Å². The van der Waals surface area contributed by atoms with Gasteiger partial charge in [0.1, 0.15) is 17.6 Å². The van der Waals surface area contributed by atoms with Crippen molar-refractivity contribution < 1.29 is 18.7 Å². The number of rotatable bonds is 9. The van der Waals surface area contributed by atoms with Crippen LogP contribution < -0.4 is 10.1 Å². The molecule has 0 aliphatic carbocycles.